The second-order valence-corrected chi connectivity index (χ2v) is 10.0. The number of amidine groups is 1. The number of Topliss-reactive ketones (excluding diaryl/α,β-unsaturated/α-hetero) is 1. The summed E-state index contributed by atoms with van der Waals surface area (Å²) >= 11 is 0. The van der Waals surface area contributed by atoms with Gasteiger partial charge >= 0.3 is 0 Å². The maximum atomic E-state index is 13.6. The van der Waals surface area contributed by atoms with Crippen LogP contribution in [0.2, 0.25) is 0 Å². The molecule has 37 heavy (non-hydrogen) atoms. The van der Waals surface area contributed by atoms with E-state index in [9.17, 15) is 19.1 Å². The highest BCUT2D eigenvalue weighted by molar-refractivity contribution is 5.99. The van der Waals surface area contributed by atoms with E-state index in [1.807, 2.05) is 6.07 Å². The fourth-order valence-corrected chi connectivity index (χ4v) is 4.68. The maximum absolute atomic E-state index is 13.6. The van der Waals surface area contributed by atoms with Gasteiger partial charge in [0, 0.05) is 29.5 Å². The molecule has 5 rings (SSSR count). The van der Waals surface area contributed by atoms with E-state index in [-0.39, 0.29) is 30.9 Å². The predicted molar refractivity (Wildman–Crippen MR) is 136 cm³/mol. The second kappa shape index (κ2) is 8.77. The third kappa shape index (κ3) is 4.35. The number of halogens is 1. The van der Waals surface area contributed by atoms with Crippen molar-refractivity contribution in [3.8, 4) is 17.0 Å². The number of carbonyl (C=O) groups excluding carboxylic acids is 2. The number of aliphatic hydroxyl groups is 1. The van der Waals surface area contributed by atoms with Gasteiger partial charge in [0.25, 0.3) is 0 Å². The molecule has 3 heterocycles. The van der Waals surface area contributed by atoms with Crippen molar-refractivity contribution in [2.24, 2.45) is 16.5 Å². The number of ketones is 1. The Kier molecular flexibility index (Phi) is 5.83. The van der Waals surface area contributed by atoms with Crippen LogP contribution in [0.1, 0.15) is 53.9 Å². The first-order chi connectivity index (χ1) is 17.5. The average Bonchev–Trinajstić information content (AvgIpc) is 3.41. The van der Waals surface area contributed by atoms with E-state index in [1.54, 1.807) is 44.2 Å². The van der Waals surface area contributed by atoms with Crippen LogP contribution in [0.4, 0.5) is 10.1 Å². The lowest BCUT2D eigenvalue weighted by Crippen LogP contribution is -2.40. The average molecular weight is 503 g/mol. The SMILES string of the molecule is C[C@](O)(CCC(=O)c1ccc2c(c1)N=C(N)C2)c1cc2c(c(-c3ccc(F)cc3)n1)OC[C@]2(C)C(N)=O. The zero-order valence-corrected chi connectivity index (χ0v) is 20.5. The summed E-state index contributed by atoms with van der Waals surface area (Å²) in [5.41, 5.74) is 12.6. The quantitative estimate of drug-likeness (QED) is 0.423. The molecule has 8 nitrogen and oxygen atoms in total. The van der Waals surface area contributed by atoms with Crippen molar-refractivity contribution >= 4 is 23.2 Å². The van der Waals surface area contributed by atoms with Crippen LogP contribution in [-0.2, 0) is 22.2 Å². The number of nitrogens with two attached hydrogens (primary N) is 2. The van der Waals surface area contributed by atoms with E-state index in [0.717, 1.165) is 5.56 Å². The molecule has 0 radical (unpaired) electrons. The molecule has 1 amide bonds. The Morgan fingerprint density at radius 2 is 1.92 bits per heavy atom. The van der Waals surface area contributed by atoms with Crippen LogP contribution in [0.25, 0.3) is 11.3 Å². The summed E-state index contributed by atoms with van der Waals surface area (Å²) in [7, 11) is 0. The van der Waals surface area contributed by atoms with E-state index < -0.39 is 22.7 Å². The number of pyridine rings is 1. The highest BCUT2D eigenvalue weighted by Crippen LogP contribution is 2.46. The summed E-state index contributed by atoms with van der Waals surface area (Å²) in [5.74, 6) is -0.280. The fraction of sp³-hybridized carbons (Fsp3) is 0.286. The normalized spacial score (nSPS) is 19.4. The minimum atomic E-state index is -1.53. The summed E-state index contributed by atoms with van der Waals surface area (Å²) in [4.78, 5) is 34.3. The first-order valence-electron chi connectivity index (χ1n) is 11.9. The summed E-state index contributed by atoms with van der Waals surface area (Å²) in [5, 5.41) is 11.5. The minimum Gasteiger partial charge on any atom is -0.489 e. The third-order valence-electron chi connectivity index (χ3n) is 7.17. The molecule has 190 valence electrons. The van der Waals surface area contributed by atoms with Crippen molar-refractivity contribution in [3.05, 3.63) is 76.7 Å². The van der Waals surface area contributed by atoms with Crippen LogP contribution in [0.15, 0.2) is 53.5 Å². The number of amides is 1. The molecule has 9 heteroatoms. The van der Waals surface area contributed by atoms with Gasteiger partial charge in [0.2, 0.25) is 5.91 Å². The molecule has 0 fully saturated rings. The standard InChI is InChI=1S/C28H27FN4O4/c1-27(26(31)35)14-37-25-19(27)13-22(33-24(25)15-5-7-18(29)8-6-15)28(2,36)10-9-21(34)17-4-3-16-12-23(30)32-20(16)11-17/h3-8,11,13,36H,9-10,12,14H2,1-2H3,(H2,30,32)(H2,31,35)/t27-,28-/m0/s1. The minimum absolute atomic E-state index is 0.0168. The van der Waals surface area contributed by atoms with E-state index in [4.69, 9.17) is 16.2 Å². The molecule has 1 aromatic heterocycles. The Balaban J connectivity index is 1.47. The summed E-state index contributed by atoms with van der Waals surface area (Å²) in [6.07, 6.45) is 0.670. The number of primary amides is 1. The summed E-state index contributed by atoms with van der Waals surface area (Å²) in [6.45, 7) is 3.25. The van der Waals surface area contributed by atoms with Crippen LogP contribution in [0.5, 0.6) is 5.75 Å². The number of fused-ring (bicyclic) bond motifs is 2. The zero-order chi connectivity index (χ0) is 26.5. The van der Waals surface area contributed by atoms with Gasteiger partial charge in [-0.1, -0.05) is 12.1 Å². The number of nitrogens with zero attached hydrogens (tertiary/aromatic N) is 2. The largest absolute Gasteiger partial charge is 0.489 e. The molecule has 0 spiro atoms. The number of aliphatic imine (C=N–C) groups is 1. The van der Waals surface area contributed by atoms with Crippen molar-refractivity contribution in [2.45, 2.75) is 44.1 Å². The lowest BCUT2D eigenvalue weighted by molar-refractivity contribution is -0.123. The van der Waals surface area contributed by atoms with Gasteiger partial charge in [-0.15, -0.1) is 0 Å². The molecule has 2 aliphatic heterocycles. The van der Waals surface area contributed by atoms with Crippen molar-refractivity contribution in [1.82, 2.24) is 4.98 Å². The monoisotopic (exact) mass is 502 g/mol. The molecule has 2 aromatic carbocycles. The van der Waals surface area contributed by atoms with E-state index in [2.05, 4.69) is 9.98 Å². The zero-order valence-electron chi connectivity index (χ0n) is 20.5. The van der Waals surface area contributed by atoms with Gasteiger partial charge < -0.3 is 21.3 Å². The smallest absolute Gasteiger partial charge is 0.231 e. The van der Waals surface area contributed by atoms with Gasteiger partial charge in [-0.05, 0) is 62.2 Å². The third-order valence-corrected chi connectivity index (χ3v) is 7.17. The topological polar surface area (TPSA) is 141 Å². The number of carbonyl (C=O) groups is 2. The van der Waals surface area contributed by atoms with Crippen LogP contribution >= 0.6 is 0 Å². The molecule has 3 aromatic rings. The van der Waals surface area contributed by atoms with Crippen LogP contribution < -0.4 is 16.2 Å². The Morgan fingerprint density at radius 1 is 1.19 bits per heavy atom. The molecule has 0 saturated heterocycles. The molecular formula is C28H27FN4O4. The van der Waals surface area contributed by atoms with Gasteiger partial charge in [-0.2, -0.15) is 0 Å². The summed E-state index contributed by atoms with van der Waals surface area (Å²) < 4.78 is 19.4. The number of hydrogen-bond acceptors (Lipinski definition) is 7. The van der Waals surface area contributed by atoms with Crippen molar-refractivity contribution in [3.63, 3.8) is 0 Å². The first-order valence-corrected chi connectivity index (χ1v) is 11.9. The predicted octanol–water partition coefficient (Wildman–Crippen LogP) is 3.44. The Labute approximate surface area is 213 Å². The molecule has 2 aliphatic rings. The van der Waals surface area contributed by atoms with Crippen molar-refractivity contribution < 1.29 is 23.8 Å². The fourth-order valence-electron chi connectivity index (χ4n) is 4.68. The lowest BCUT2D eigenvalue weighted by atomic mass is 9.81. The van der Waals surface area contributed by atoms with E-state index >= 15 is 0 Å². The molecular weight excluding hydrogens is 475 g/mol. The number of rotatable bonds is 7. The molecule has 0 bridgehead atoms. The van der Waals surface area contributed by atoms with Crippen LogP contribution in [0.3, 0.4) is 0 Å². The number of aromatic nitrogens is 1. The number of benzene rings is 2. The van der Waals surface area contributed by atoms with Crippen molar-refractivity contribution in [1.29, 1.82) is 0 Å². The summed E-state index contributed by atoms with van der Waals surface area (Å²) in [6, 6.07) is 12.6. The molecule has 0 aliphatic carbocycles. The Hall–Kier alpha value is -4.11. The Morgan fingerprint density at radius 3 is 2.62 bits per heavy atom. The highest BCUT2D eigenvalue weighted by atomic mass is 19.1. The lowest BCUT2D eigenvalue weighted by Gasteiger charge is -2.26. The first kappa shape index (κ1) is 24.6. The Bertz CT molecular complexity index is 1470. The van der Waals surface area contributed by atoms with Gasteiger partial charge in [0.1, 0.15) is 40.7 Å². The molecule has 0 saturated carbocycles. The van der Waals surface area contributed by atoms with Crippen LogP contribution in [0, 0.1) is 5.82 Å². The molecule has 5 N–H and O–H groups in total. The second-order valence-electron chi connectivity index (χ2n) is 10.0. The maximum Gasteiger partial charge on any atom is 0.231 e. The number of hydrogen-bond donors (Lipinski definition) is 3. The van der Waals surface area contributed by atoms with Gasteiger partial charge in [-0.3, -0.25) is 9.59 Å². The van der Waals surface area contributed by atoms with Gasteiger partial charge in [0.05, 0.1) is 11.4 Å². The van der Waals surface area contributed by atoms with E-state index in [0.29, 0.717) is 46.1 Å². The van der Waals surface area contributed by atoms with Crippen molar-refractivity contribution in [2.75, 3.05) is 6.61 Å². The highest BCUT2D eigenvalue weighted by Gasteiger charge is 2.45. The number of ether oxygens (including phenoxy) is 1. The van der Waals surface area contributed by atoms with Crippen LogP contribution in [-0.4, -0.2) is 34.2 Å². The molecule has 2 atom stereocenters. The molecule has 0 unspecified atom stereocenters. The van der Waals surface area contributed by atoms with E-state index in [1.165, 1.54) is 12.1 Å². The van der Waals surface area contributed by atoms with Gasteiger partial charge in [0.15, 0.2) is 5.78 Å². The van der Waals surface area contributed by atoms with Gasteiger partial charge in [-0.25, -0.2) is 14.4 Å².